The quantitative estimate of drug-likeness (QED) is 0.518. The van der Waals surface area contributed by atoms with Crippen LogP contribution in [0, 0.1) is 10.1 Å². The van der Waals surface area contributed by atoms with Gasteiger partial charge in [0, 0.05) is 31.9 Å². The van der Waals surface area contributed by atoms with Gasteiger partial charge in [0.1, 0.15) is 11.5 Å². The van der Waals surface area contributed by atoms with Crippen LogP contribution in [0.15, 0.2) is 47.7 Å². The van der Waals surface area contributed by atoms with Crippen LogP contribution in [0.5, 0.6) is 0 Å². The Hall–Kier alpha value is -2.96. The summed E-state index contributed by atoms with van der Waals surface area (Å²) in [5.41, 5.74) is 3.99. The molecule has 7 nitrogen and oxygen atoms in total. The largest absolute Gasteiger partial charge is 0.372 e. The number of pyridine rings is 1. The number of hydrogen-bond donors (Lipinski definition) is 1. The molecule has 2 rings (SSSR count). The molecule has 0 spiro atoms. The monoisotopic (exact) mass is 285 g/mol. The summed E-state index contributed by atoms with van der Waals surface area (Å²) in [6.45, 7) is 0. The van der Waals surface area contributed by atoms with Crippen molar-refractivity contribution in [3.05, 3.63) is 58.3 Å². The standard InChI is InChI=1S/C14H15N5O2/c1-18(2)12-7-6-11(9-13(12)19(20)21)10-16-17-14-5-3-4-8-15-14/h3-10H,1-2H3,(H,15,17)/b16-10-. The van der Waals surface area contributed by atoms with E-state index in [2.05, 4.69) is 15.5 Å². The minimum absolute atomic E-state index is 0.0433. The topological polar surface area (TPSA) is 83.7 Å². The number of nitrogens with one attached hydrogen (secondary N) is 1. The predicted molar refractivity (Wildman–Crippen MR) is 82.9 cm³/mol. The Labute approximate surface area is 122 Å². The summed E-state index contributed by atoms with van der Waals surface area (Å²) in [5.74, 6) is 0.605. The van der Waals surface area contributed by atoms with Crippen LogP contribution >= 0.6 is 0 Å². The van der Waals surface area contributed by atoms with Crippen LogP contribution in [0.2, 0.25) is 0 Å². The smallest absolute Gasteiger partial charge is 0.293 e. The highest BCUT2D eigenvalue weighted by Crippen LogP contribution is 2.27. The first-order chi connectivity index (χ1) is 10.1. The van der Waals surface area contributed by atoms with E-state index in [1.807, 2.05) is 6.07 Å². The van der Waals surface area contributed by atoms with E-state index in [0.717, 1.165) is 0 Å². The lowest BCUT2D eigenvalue weighted by Crippen LogP contribution is -2.11. The molecule has 0 radical (unpaired) electrons. The number of anilines is 2. The molecular formula is C14H15N5O2. The highest BCUT2D eigenvalue weighted by Gasteiger charge is 2.15. The Morgan fingerprint density at radius 3 is 2.76 bits per heavy atom. The molecule has 1 N–H and O–H groups in total. The van der Waals surface area contributed by atoms with E-state index in [0.29, 0.717) is 17.1 Å². The zero-order valence-electron chi connectivity index (χ0n) is 11.7. The first kappa shape index (κ1) is 14.4. The Bertz CT molecular complexity index is 656. The zero-order valence-corrected chi connectivity index (χ0v) is 11.7. The average Bonchev–Trinajstić information content (AvgIpc) is 2.48. The van der Waals surface area contributed by atoms with Crippen molar-refractivity contribution >= 4 is 23.4 Å². The van der Waals surface area contributed by atoms with Crippen LogP contribution in [0.4, 0.5) is 17.2 Å². The van der Waals surface area contributed by atoms with Crippen LogP contribution in [-0.2, 0) is 0 Å². The number of hydrazone groups is 1. The van der Waals surface area contributed by atoms with Gasteiger partial charge in [-0.3, -0.25) is 15.5 Å². The van der Waals surface area contributed by atoms with Crippen LogP contribution in [0.3, 0.4) is 0 Å². The molecule has 1 heterocycles. The third-order valence-electron chi connectivity index (χ3n) is 2.74. The molecular weight excluding hydrogens is 270 g/mol. The first-order valence-corrected chi connectivity index (χ1v) is 6.24. The van der Waals surface area contributed by atoms with E-state index in [9.17, 15) is 10.1 Å². The van der Waals surface area contributed by atoms with E-state index in [4.69, 9.17) is 0 Å². The van der Waals surface area contributed by atoms with Crippen molar-refractivity contribution < 1.29 is 4.92 Å². The van der Waals surface area contributed by atoms with Crippen LogP contribution in [0.1, 0.15) is 5.56 Å². The summed E-state index contributed by atoms with van der Waals surface area (Å²) in [7, 11) is 3.53. The number of nitro benzene ring substituents is 1. The van der Waals surface area contributed by atoms with E-state index in [-0.39, 0.29) is 5.69 Å². The molecule has 0 aliphatic rings. The summed E-state index contributed by atoms with van der Waals surface area (Å²) in [4.78, 5) is 16.4. The third-order valence-corrected chi connectivity index (χ3v) is 2.74. The lowest BCUT2D eigenvalue weighted by molar-refractivity contribution is -0.384. The van der Waals surface area contributed by atoms with E-state index < -0.39 is 4.92 Å². The average molecular weight is 285 g/mol. The molecule has 1 aromatic heterocycles. The fourth-order valence-electron chi connectivity index (χ4n) is 1.75. The molecule has 2 aromatic rings. The number of nitrogens with zero attached hydrogens (tertiary/aromatic N) is 4. The minimum Gasteiger partial charge on any atom is -0.372 e. The van der Waals surface area contributed by atoms with Gasteiger partial charge in [0.05, 0.1) is 11.1 Å². The normalized spacial score (nSPS) is 10.6. The Morgan fingerprint density at radius 2 is 2.14 bits per heavy atom. The lowest BCUT2D eigenvalue weighted by atomic mass is 10.2. The van der Waals surface area contributed by atoms with Crippen molar-refractivity contribution in [2.24, 2.45) is 5.10 Å². The SMILES string of the molecule is CN(C)c1ccc(/C=N\Nc2ccccn2)cc1[N+](=O)[O-]. The molecule has 21 heavy (non-hydrogen) atoms. The summed E-state index contributed by atoms with van der Waals surface area (Å²) in [6, 6.07) is 10.4. The Balaban J connectivity index is 2.17. The minimum atomic E-state index is -0.404. The Kier molecular flexibility index (Phi) is 4.45. The van der Waals surface area contributed by atoms with Gasteiger partial charge in [0.25, 0.3) is 5.69 Å². The zero-order chi connectivity index (χ0) is 15.2. The predicted octanol–water partition coefficient (Wildman–Crippen LogP) is 2.50. The van der Waals surface area contributed by atoms with Gasteiger partial charge in [-0.25, -0.2) is 4.98 Å². The van der Waals surface area contributed by atoms with Crippen molar-refractivity contribution in [1.82, 2.24) is 4.98 Å². The number of nitro groups is 1. The summed E-state index contributed by atoms with van der Waals surface area (Å²) in [5, 5.41) is 15.1. The molecule has 0 aliphatic heterocycles. The van der Waals surface area contributed by atoms with Gasteiger partial charge >= 0.3 is 0 Å². The number of benzene rings is 1. The van der Waals surface area contributed by atoms with Gasteiger partial charge < -0.3 is 4.90 Å². The maximum Gasteiger partial charge on any atom is 0.293 e. The molecule has 0 bridgehead atoms. The molecule has 1 aromatic carbocycles. The van der Waals surface area contributed by atoms with Gasteiger partial charge in [-0.2, -0.15) is 5.10 Å². The first-order valence-electron chi connectivity index (χ1n) is 6.24. The highest BCUT2D eigenvalue weighted by molar-refractivity contribution is 5.83. The molecule has 7 heteroatoms. The van der Waals surface area contributed by atoms with Gasteiger partial charge in [0.2, 0.25) is 0 Å². The van der Waals surface area contributed by atoms with Gasteiger partial charge in [-0.1, -0.05) is 12.1 Å². The van der Waals surface area contributed by atoms with Crippen molar-refractivity contribution in [1.29, 1.82) is 0 Å². The maximum atomic E-state index is 11.1. The van der Waals surface area contributed by atoms with Gasteiger partial charge in [-0.15, -0.1) is 0 Å². The molecule has 0 aliphatic carbocycles. The highest BCUT2D eigenvalue weighted by atomic mass is 16.6. The lowest BCUT2D eigenvalue weighted by Gasteiger charge is -2.12. The molecule has 108 valence electrons. The number of aromatic nitrogens is 1. The summed E-state index contributed by atoms with van der Waals surface area (Å²) >= 11 is 0. The van der Waals surface area contributed by atoms with Crippen LogP contribution in [-0.4, -0.2) is 30.2 Å². The second-order valence-corrected chi connectivity index (χ2v) is 4.48. The van der Waals surface area contributed by atoms with E-state index in [1.165, 1.54) is 12.3 Å². The van der Waals surface area contributed by atoms with E-state index in [1.54, 1.807) is 49.5 Å². The number of hydrogen-bond acceptors (Lipinski definition) is 6. The molecule has 0 atom stereocenters. The molecule has 0 amide bonds. The number of rotatable bonds is 5. The maximum absolute atomic E-state index is 11.1. The van der Waals surface area contributed by atoms with Crippen molar-refractivity contribution in [3.63, 3.8) is 0 Å². The fraction of sp³-hybridized carbons (Fsp3) is 0.143. The molecule has 0 saturated heterocycles. The summed E-state index contributed by atoms with van der Waals surface area (Å²) in [6.07, 6.45) is 3.16. The van der Waals surface area contributed by atoms with Gasteiger partial charge in [-0.05, 0) is 18.2 Å². The van der Waals surface area contributed by atoms with Crippen molar-refractivity contribution in [2.75, 3.05) is 24.4 Å². The van der Waals surface area contributed by atoms with E-state index >= 15 is 0 Å². The molecule has 0 saturated carbocycles. The second-order valence-electron chi connectivity index (χ2n) is 4.48. The second kappa shape index (κ2) is 6.47. The van der Waals surface area contributed by atoms with Crippen molar-refractivity contribution in [3.8, 4) is 0 Å². The fourth-order valence-corrected chi connectivity index (χ4v) is 1.75. The Morgan fingerprint density at radius 1 is 1.33 bits per heavy atom. The van der Waals surface area contributed by atoms with Crippen LogP contribution < -0.4 is 10.3 Å². The molecule has 0 unspecified atom stereocenters. The van der Waals surface area contributed by atoms with Crippen LogP contribution in [0.25, 0.3) is 0 Å². The van der Waals surface area contributed by atoms with Crippen molar-refractivity contribution in [2.45, 2.75) is 0 Å². The summed E-state index contributed by atoms with van der Waals surface area (Å²) < 4.78 is 0. The molecule has 0 fully saturated rings. The van der Waals surface area contributed by atoms with Gasteiger partial charge in [0.15, 0.2) is 0 Å². The third kappa shape index (κ3) is 3.75.